The van der Waals surface area contributed by atoms with Gasteiger partial charge in [-0.25, -0.2) is 4.57 Å². The molecular formula is C16H17N4O5PS. The van der Waals surface area contributed by atoms with Gasteiger partial charge in [-0.1, -0.05) is 23.5 Å². The Morgan fingerprint density at radius 1 is 1.37 bits per heavy atom. The highest BCUT2D eigenvalue weighted by Gasteiger charge is 2.17. The molecule has 0 amide bonds. The van der Waals surface area contributed by atoms with Crippen LogP contribution in [-0.4, -0.2) is 30.7 Å². The number of hydrogen-bond donors (Lipinski definition) is 3. The number of para-hydroxylation sites is 1. The van der Waals surface area contributed by atoms with Crippen LogP contribution in [0.2, 0.25) is 0 Å². The molecule has 3 rings (SSSR count). The number of phosphoric ester groups is 1. The summed E-state index contributed by atoms with van der Waals surface area (Å²) in [4.78, 5) is 22.4. The second-order valence-corrected chi connectivity index (χ2v) is 7.90. The second-order valence-electron chi connectivity index (χ2n) is 5.65. The number of phosphoric acid groups is 1. The van der Waals surface area contributed by atoms with Crippen molar-refractivity contribution in [2.45, 2.75) is 13.5 Å². The summed E-state index contributed by atoms with van der Waals surface area (Å²) in [5, 5.41) is 18.4. The number of rotatable bonds is 5. The summed E-state index contributed by atoms with van der Waals surface area (Å²) < 4.78 is 18.4. The van der Waals surface area contributed by atoms with E-state index in [2.05, 4.69) is 19.7 Å². The fourth-order valence-corrected chi connectivity index (χ4v) is 3.66. The zero-order valence-corrected chi connectivity index (χ0v) is 16.2. The van der Waals surface area contributed by atoms with E-state index in [0.29, 0.717) is 10.5 Å². The van der Waals surface area contributed by atoms with E-state index >= 15 is 0 Å². The Morgan fingerprint density at radius 3 is 2.81 bits per heavy atom. The van der Waals surface area contributed by atoms with Crippen molar-refractivity contribution in [2.24, 2.45) is 17.3 Å². The summed E-state index contributed by atoms with van der Waals surface area (Å²) in [7, 11) is -2.78. The van der Waals surface area contributed by atoms with Crippen LogP contribution in [0.3, 0.4) is 0 Å². The maximum atomic E-state index is 10.9. The van der Waals surface area contributed by atoms with E-state index in [1.54, 1.807) is 6.92 Å². The number of pyridine rings is 1. The monoisotopic (exact) mass is 408 g/mol. The van der Waals surface area contributed by atoms with Crippen LogP contribution in [-0.2, 0) is 22.7 Å². The summed E-state index contributed by atoms with van der Waals surface area (Å²) in [6, 6.07) is 7.84. The number of thiazole rings is 1. The maximum absolute atomic E-state index is 10.9. The fraction of sp³-hybridized carbons (Fsp3) is 0.188. The largest absolute Gasteiger partial charge is 0.505 e. The predicted octanol–water partition coefficient (Wildman–Crippen LogP) is 2.19. The van der Waals surface area contributed by atoms with Crippen LogP contribution in [0.4, 0.5) is 0 Å². The van der Waals surface area contributed by atoms with Gasteiger partial charge in [-0.15, -0.1) is 5.10 Å². The van der Waals surface area contributed by atoms with Crippen LogP contribution >= 0.6 is 19.2 Å². The molecule has 1 aromatic carbocycles. The van der Waals surface area contributed by atoms with Gasteiger partial charge in [0.25, 0.3) is 0 Å². The molecule has 0 saturated carbocycles. The van der Waals surface area contributed by atoms with E-state index in [9.17, 15) is 9.67 Å². The van der Waals surface area contributed by atoms with Crippen LogP contribution < -0.4 is 4.80 Å². The maximum Gasteiger partial charge on any atom is 0.469 e. The lowest BCUT2D eigenvalue weighted by Gasteiger charge is -2.10. The molecule has 3 N–H and O–H groups in total. The van der Waals surface area contributed by atoms with Gasteiger partial charge in [0, 0.05) is 24.4 Å². The zero-order valence-electron chi connectivity index (χ0n) is 14.5. The van der Waals surface area contributed by atoms with Gasteiger partial charge < -0.3 is 19.5 Å². The van der Waals surface area contributed by atoms with Gasteiger partial charge >= 0.3 is 7.82 Å². The molecule has 9 nitrogen and oxygen atoms in total. The molecule has 0 radical (unpaired) electrons. The molecule has 0 bridgehead atoms. The Kier molecular flexibility index (Phi) is 5.54. The van der Waals surface area contributed by atoms with Gasteiger partial charge in [-0.2, -0.15) is 5.10 Å². The van der Waals surface area contributed by atoms with Crippen molar-refractivity contribution in [1.82, 2.24) is 9.55 Å². The summed E-state index contributed by atoms with van der Waals surface area (Å²) in [6.07, 6.45) is 2.68. The standard InChI is InChI=1S/C16H17N4O5PS/c1-10-15(21)12(11(7-17-10)9-25-26(22,23)24)8-18-19-16-20(2)13-5-3-4-6-14(13)27-16/h3-8,21H,9H2,1-2H3,(H2,22,23,24)/b18-8+,19-16-. The minimum atomic E-state index is -4.65. The summed E-state index contributed by atoms with van der Waals surface area (Å²) in [5.74, 6) is -0.151. The highest BCUT2D eigenvalue weighted by atomic mass is 32.1. The summed E-state index contributed by atoms with van der Waals surface area (Å²) >= 11 is 1.46. The number of fused-ring (bicyclic) bond motifs is 1. The third kappa shape index (κ3) is 4.49. The van der Waals surface area contributed by atoms with Gasteiger partial charge in [-0.3, -0.25) is 9.51 Å². The summed E-state index contributed by atoms with van der Waals surface area (Å²) in [6.45, 7) is 1.17. The van der Waals surface area contributed by atoms with Gasteiger partial charge in [0.1, 0.15) is 5.75 Å². The lowest BCUT2D eigenvalue weighted by atomic mass is 10.1. The molecule has 142 valence electrons. The molecule has 0 fully saturated rings. The Bertz CT molecular complexity index is 1130. The van der Waals surface area contributed by atoms with Gasteiger partial charge in [0.05, 0.1) is 28.7 Å². The van der Waals surface area contributed by atoms with Gasteiger partial charge in [0.15, 0.2) is 0 Å². The molecule has 0 aliphatic heterocycles. The normalized spacial score (nSPS) is 13.1. The van der Waals surface area contributed by atoms with Crippen molar-refractivity contribution in [3.8, 4) is 5.75 Å². The molecule has 2 aromatic heterocycles. The average molecular weight is 408 g/mol. The number of benzene rings is 1. The Balaban J connectivity index is 1.97. The molecular weight excluding hydrogens is 391 g/mol. The SMILES string of the molecule is Cc1ncc(COP(=O)(O)O)c(/C=N/N=c2\sc3ccccc3n2C)c1O. The Hall–Kier alpha value is -2.36. The highest BCUT2D eigenvalue weighted by Crippen LogP contribution is 2.37. The van der Waals surface area contributed by atoms with Crippen molar-refractivity contribution in [2.75, 3.05) is 0 Å². The van der Waals surface area contributed by atoms with E-state index in [0.717, 1.165) is 10.2 Å². The molecule has 0 unspecified atom stereocenters. The van der Waals surface area contributed by atoms with E-state index in [4.69, 9.17) is 9.79 Å². The zero-order chi connectivity index (χ0) is 19.6. The second kappa shape index (κ2) is 7.71. The van der Waals surface area contributed by atoms with Crippen LogP contribution in [0.25, 0.3) is 10.2 Å². The minimum Gasteiger partial charge on any atom is -0.505 e. The number of hydrogen-bond acceptors (Lipinski definition) is 7. The Morgan fingerprint density at radius 2 is 2.11 bits per heavy atom. The lowest BCUT2D eigenvalue weighted by molar-refractivity contribution is 0.188. The molecule has 11 heteroatoms. The average Bonchev–Trinajstić information content (AvgIpc) is 2.93. The van der Waals surface area contributed by atoms with E-state index in [-0.39, 0.29) is 16.9 Å². The van der Waals surface area contributed by atoms with Gasteiger partial charge in [-0.05, 0) is 19.1 Å². The third-order valence-corrected chi connectivity index (χ3v) is 5.36. The van der Waals surface area contributed by atoms with Crippen LogP contribution in [0, 0.1) is 6.92 Å². The summed E-state index contributed by atoms with van der Waals surface area (Å²) in [5.41, 5.74) is 1.89. The van der Waals surface area contributed by atoms with Crippen LogP contribution in [0.15, 0.2) is 40.7 Å². The number of aromatic nitrogens is 2. The van der Waals surface area contributed by atoms with Crippen molar-refractivity contribution >= 4 is 35.6 Å². The highest BCUT2D eigenvalue weighted by molar-refractivity contribution is 7.46. The predicted molar refractivity (Wildman–Crippen MR) is 101 cm³/mol. The van der Waals surface area contributed by atoms with Crippen molar-refractivity contribution < 1.29 is 24.0 Å². The smallest absolute Gasteiger partial charge is 0.469 e. The number of nitrogens with zero attached hydrogens (tertiary/aromatic N) is 4. The topological polar surface area (TPSA) is 130 Å². The van der Waals surface area contributed by atoms with Crippen molar-refractivity contribution in [3.05, 3.63) is 52.1 Å². The minimum absolute atomic E-state index is 0.151. The molecule has 0 aliphatic rings. The first-order valence-corrected chi connectivity index (χ1v) is 10.1. The van der Waals surface area contributed by atoms with Crippen molar-refractivity contribution in [3.63, 3.8) is 0 Å². The number of aromatic hydroxyl groups is 1. The molecule has 0 atom stereocenters. The quantitative estimate of drug-likeness (QED) is 0.337. The molecule has 0 spiro atoms. The van der Waals surface area contributed by atoms with E-state index in [1.165, 1.54) is 23.7 Å². The van der Waals surface area contributed by atoms with E-state index < -0.39 is 14.4 Å². The van der Waals surface area contributed by atoms with Crippen LogP contribution in [0.5, 0.6) is 5.75 Å². The van der Waals surface area contributed by atoms with Gasteiger partial charge in [0.2, 0.25) is 4.80 Å². The third-order valence-electron chi connectivity index (χ3n) is 3.79. The lowest BCUT2D eigenvalue weighted by Crippen LogP contribution is -2.09. The first-order chi connectivity index (χ1) is 12.8. The first-order valence-electron chi connectivity index (χ1n) is 7.75. The van der Waals surface area contributed by atoms with Crippen molar-refractivity contribution in [1.29, 1.82) is 0 Å². The molecule has 0 saturated heterocycles. The molecule has 0 aliphatic carbocycles. The first kappa shape index (κ1) is 19.4. The molecule has 27 heavy (non-hydrogen) atoms. The molecule has 3 aromatic rings. The number of aryl methyl sites for hydroxylation is 2. The van der Waals surface area contributed by atoms with E-state index in [1.807, 2.05) is 35.9 Å². The fourth-order valence-electron chi connectivity index (χ4n) is 2.38. The van der Waals surface area contributed by atoms with Crippen LogP contribution in [0.1, 0.15) is 16.8 Å². The Labute approximate surface area is 158 Å². The molecule has 2 heterocycles.